The first kappa shape index (κ1) is 36.3. The van der Waals surface area contributed by atoms with Crippen molar-refractivity contribution in [3.8, 4) is 17.2 Å². The van der Waals surface area contributed by atoms with Gasteiger partial charge in [-0.05, 0) is 61.6 Å². The van der Waals surface area contributed by atoms with E-state index in [1.807, 2.05) is 57.2 Å². The van der Waals surface area contributed by atoms with E-state index >= 15 is 0 Å². The lowest BCUT2D eigenvalue weighted by atomic mass is 10.0. The molecule has 1 aromatic heterocycles. The van der Waals surface area contributed by atoms with E-state index in [9.17, 15) is 4.79 Å². The molecular formula is C32H47N3O5. The predicted octanol–water partition coefficient (Wildman–Crippen LogP) is 5.84. The Labute approximate surface area is 240 Å². The highest BCUT2D eigenvalue weighted by Gasteiger charge is 2.06. The lowest BCUT2D eigenvalue weighted by Gasteiger charge is -2.16. The Kier molecular flexibility index (Phi) is 22.1. The first-order chi connectivity index (χ1) is 19.5. The number of aryl methyl sites for hydroxylation is 1. The van der Waals surface area contributed by atoms with Gasteiger partial charge in [-0.2, -0.15) is 5.26 Å². The van der Waals surface area contributed by atoms with Gasteiger partial charge in [-0.25, -0.2) is 4.79 Å². The maximum atomic E-state index is 11.1. The van der Waals surface area contributed by atoms with Crippen molar-refractivity contribution in [1.82, 2.24) is 0 Å². The van der Waals surface area contributed by atoms with Crippen molar-refractivity contribution in [1.29, 1.82) is 5.26 Å². The van der Waals surface area contributed by atoms with Crippen molar-refractivity contribution in [2.24, 2.45) is 11.5 Å². The zero-order chi connectivity index (χ0) is 30.0. The lowest BCUT2D eigenvalue weighted by Crippen LogP contribution is -2.23. The van der Waals surface area contributed by atoms with E-state index in [0.717, 1.165) is 54.6 Å². The van der Waals surface area contributed by atoms with E-state index in [1.54, 1.807) is 6.07 Å². The third-order valence-corrected chi connectivity index (χ3v) is 5.38. The molecule has 0 unspecified atom stereocenters. The SMILES string of the molecule is CC.CCCCCOC[C@@H](CCN)OCC.N#CCCc1ccc(-c2ccc3oc(=O)c#cc3c2)cc1.NC=O.[HH]. The summed E-state index contributed by atoms with van der Waals surface area (Å²) in [5, 5.41) is 9.32. The molecule has 0 aliphatic rings. The Hall–Kier alpha value is -3.69. The van der Waals surface area contributed by atoms with E-state index in [4.69, 9.17) is 29.7 Å². The Balaban J connectivity index is 0. The van der Waals surface area contributed by atoms with E-state index in [2.05, 4.69) is 30.9 Å². The number of rotatable bonds is 13. The molecule has 0 aliphatic heterocycles. The van der Waals surface area contributed by atoms with E-state index in [1.165, 1.54) is 12.8 Å². The minimum Gasteiger partial charge on any atom is -0.416 e. The molecule has 0 spiro atoms. The number of nitriles is 1. The van der Waals surface area contributed by atoms with Crippen molar-refractivity contribution in [3.05, 3.63) is 70.6 Å². The summed E-state index contributed by atoms with van der Waals surface area (Å²) in [5.41, 5.74) is 12.9. The number of carbonyl (C=O) groups is 1. The zero-order valence-corrected chi connectivity index (χ0v) is 24.4. The number of primary amides is 1. The highest BCUT2D eigenvalue weighted by Crippen LogP contribution is 2.23. The van der Waals surface area contributed by atoms with Gasteiger partial charge in [0.05, 0.1) is 24.2 Å². The average molecular weight is 554 g/mol. The molecule has 2 aromatic carbocycles. The van der Waals surface area contributed by atoms with Crippen LogP contribution in [0.3, 0.4) is 0 Å². The van der Waals surface area contributed by atoms with Crippen LogP contribution in [0.15, 0.2) is 51.7 Å². The fourth-order valence-corrected chi connectivity index (χ4v) is 3.51. The number of amides is 1. The van der Waals surface area contributed by atoms with Crippen LogP contribution in [-0.2, 0) is 20.7 Å². The zero-order valence-electron chi connectivity index (χ0n) is 24.4. The van der Waals surface area contributed by atoms with Crippen molar-refractivity contribution >= 4 is 17.4 Å². The highest BCUT2D eigenvalue weighted by atomic mass is 16.5. The van der Waals surface area contributed by atoms with Crippen LogP contribution in [0.1, 0.15) is 66.8 Å². The first-order valence-corrected chi connectivity index (χ1v) is 13.9. The normalized spacial score (nSPS) is 10.3. The first-order valence-electron chi connectivity index (χ1n) is 13.9. The molecule has 1 amide bonds. The predicted molar refractivity (Wildman–Crippen MR) is 163 cm³/mol. The summed E-state index contributed by atoms with van der Waals surface area (Å²) < 4.78 is 16.0. The molecule has 4 N–H and O–H groups in total. The van der Waals surface area contributed by atoms with Crippen LogP contribution in [0.4, 0.5) is 0 Å². The smallest absolute Gasteiger partial charge is 0.390 e. The number of hydrogen-bond donors (Lipinski definition) is 2. The van der Waals surface area contributed by atoms with Crippen molar-refractivity contribution in [2.75, 3.05) is 26.4 Å². The largest absolute Gasteiger partial charge is 0.416 e. The molecule has 0 radical (unpaired) electrons. The molecule has 8 heteroatoms. The van der Waals surface area contributed by atoms with Crippen LogP contribution in [0.5, 0.6) is 0 Å². The van der Waals surface area contributed by atoms with Gasteiger partial charge >= 0.3 is 5.63 Å². The standard InChI is InChI=1S/C18H11NO2.C11H25NO2.C2H6.CH3NO.H2/c19-11-1-2-13-3-5-14(6-4-13)15-7-9-17-16(12-15)8-10-18(20)21-17;1-3-5-6-9-13-10-11(7-8-12)14-4-2;1-2;2-1-3;/h3-7,9,12H,1-2H2;11H,3-10,12H2,1-2H3;1-2H3;1H,(H2,2,3);1H/t;11-;;;/m.1.../s1. The molecule has 3 aromatic rings. The van der Waals surface area contributed by atoms with Gasteiger partial charge in [0, 0.05) is 27.1 Å². The summed E-state index contributed by atoms with van der Waals surface area (Å²) in [6.45, 7) is 11.1. The Morgan fingerprint density at radius 1 is 1.10 bits per heavy atom. The second kappa shape index (κ2) is 24.4. The maximum Gasteiger partial charge on any atom is 0.390 e. The fraction of sp³-hybridized carbons (Fsp3) is 0.469. The minimum atomic E-state index is -0.517. The second-order valence-corrected chi connectivity index (χ2v) is 8.28. The molecule has 0 bridgehead atoms. The number of fused-ring (bicyclic) bond motifs is 1. The summed E-state index contributed by atoms with van der Waals surface area (Å²) in [6.07, 6.45) is 6.25. The Morgan fingerprint density at radius 3 is 2.38 bits per heavy atom. The molecule has 0 saturated carbocycles. The molecule has 3 rings (SSSR count). The van der Waals surface area contributed by atoms with Gasteiger partial charge in [0.2, 0.25) is 6.41 Å². The van der Waals surface area contributed by atoms with E-state index in [0.29, 0.717) is 25.2 Å². The van der Waals surface area contributed by atoms with Gasteiger partial charge in [0.15, 0.2) is 0 Å². The summed E-state index contributed by atoms with van der Waals surface area (Å²) in [6, 6.07) is 21.0. The number of unbranched alkanes of at least 4 members (excludes halogenated alkanes) is 2. The summed E-state index contributed by atoms with van der Waals surface area (Å²) >= 11 is 0. The summed E-state index contributed by atoms with van der Waals surface area (Å²) in [4.78, 5) is 19.7. The van der Waals surface area contributed by atoms with Crippen molar-refractivity contribution in [2.45, 2.75) is 72.3 Å². The maximum absolute atomic E-state index is 11.1. The number of benzene rings is 2. The van der Waals surface area contributed by atoms with Gasteiger partial charge in [-0.1, -0.05) is 70.0 Å². The van der Waals surface area contributed by atoms with Gasteiger partial charge in [0.25, 0.3) is 0 Å². The monoisotopic (exact) mass is 553 g/mol. The van der Waals surface area contributed by atoms with Crippen molar-refractivity contribution in [3.63, 3.8) is 0 Å². The highest BCUT2D eigenvalue weighted by molar-refractivity contribution is 5.81. The lowest BCUT2D eigenvalue weighted by molar-refractivity contribution is -0.106. The van der Waals surface area contributed by atoms with Gasteiger partial charge in [0.1, 0.15) is 5.58 Å². The third-order valence-electron chi connectivity index (χ3n) is 5.38. The minimum absolute atomic E-state index is 0. The van der Waals surface area contributed by atoms with Crippen LogP contribution in [-0.4, -0.2) is 38.9 Å². The molecule has 0 fully saturated rings. The van der Waals surface area contributed by atoms with Gasteiger partial charge < -0.3 is 25.4 Å². The quantitative estimate of drug-likeness (QED) is 0.200. The van der Waals surface area contributed by atoms with E-state index in [-0.39, 0.29) is 13.9 Å². The van der Waals surface area contributed by atoms with Crippen molar-refractivity contribution < 1.29 is 20.1 Å². The number of carbonyl (C=O) groups excluding carboxylic acids is 1. The third kappa shape index (κ3) is 15.7. The number of nitrogens with zero attached hydrogens (tertiary/aromatic N) is 1. The molecule has 8 nitrogen and oxygen atoms in total. The van der Waals surface area contributed by atoms with Crippen LogP contribution >= 0.6 is 0 Å². The molecule has 220 valence electrons. The van der Waals surface area contributed by atoms with Gasteiger partial charge in [-0.3, -0.25) is 4.79 Å². The van der Waals surface area contributed by atoms with Gasteiger partial charge in [-0.15, -0.1) is 0 Å². The number of nitrogens with two attached hydrogens (primary N) is 2. The average Bonchev–Trinajstić information content (AvgIpc) is 2.98. The molecule has 1 heterocycles. The van der Waals surface area contributed by atoms with E-state index < -0.39 is 5.63 Å². The second-order valence-electron chi connectivity index (χ2n) is 8.28. The van der Waals surface area contributed by atoms with Crippen LogP contribution < -0.4 is 17.1 Å². The number of ether oxygens (including phenoxy) is 2. The molecule has 0 saturated heterocycles. The molecule has 0 aliphatic carbocycles. The molecule has 40 heavy (non-hydrogen) atoms. The topological polar surface area (TPSA) is 142 Å². The van der Waals surface area contributed by atoms with Crippen LogP contribution in [0.2, 0.25) is 0 Å². The van der Waals surface area contributed by atoms with Crippen LogP contribution in [0, 0.1) is 23.5 Å². The Bertz CT molecular complexity index is 1140. The van der Waals surface area contributed by atoms with Crippen LogP contribution in [0.25, 0.3) is 22.1 Å². The summed E-state index contributed by atoms with van der Waals surface area (Å²) in [5.74, 6) is 0. The number of hydrogen-bond acceptors (Lipinski definition) is 7. The summed E-state index contributed by atoms with van der Waals surface area (Å²) in [7, 11) is 0. The molecular weight excluding hydrogens is 506 g/mol. The Morgan fingerprint density at radius 2 is 1.77 bits per heavy atom. The fourth-order valence-electron chi connectivity index (χ4n) is 3.51. The molecule has 1 atom stereocenters.